The minimum atomic E-state index is -1.18. The lowest BCUT2D eigenvalue weighted by atomic mass is 10.1. The molecule has 0 spiro atoms. The van der Waals surface area contributed by atoms with Crippen molar-refractivity contribution in [3.8, 4) is 0 Å². The molecule has 118 valence electrons. The first kappa shape index (κ1) is 18.7. The van der Waals surface area contributed by atoms with Crippen molar-refractivity contribution in [2.24, 2.45) is 0 Å². The van der Waals surface area contributed by atoms with Gasteiger partial charge in [-0.1, -0.05) is 0 Å². The fourth-order valence-corrected chi connectivity index (χ4v) is 1.47. The number of ether oxygens (including phenoxy) is 1. The fraction of sp³-hybridized carbons (Fsp3) is 0.846. The first-order valence-electron chi connectivity index (χ1n) is 6.57. The Bertz CT molecular complexity index is 323. The summed E-state index contributed by atoms with van der Waals surface area (Å²) in [5.74, 6) is -1.18. The second-order valence-electron chi connectivity index (χ2n) is 5.83. The predicted octanol–water partition coefficient (Wildman–Crippen LogP) is 0.830. The summed E-state index contributed by atoms with van der Waals surface area (Å²) in [7, 11) is 0. The predicted molar refractivity (Wildman–Crippen MR) is 72.4 cm³/mol. The van der Waals surface area contributed by atoms with Crippen molar-refractivity contribution < 1.29 is 29.6 Å². The summed E-state index contributed by atoms with van der Waals surface area (Å²) in [5, 5.41) is 27.7. The number of aliphatic hydroxyl groups excluding tert-OH is 2. The van der Waals surface area contributed by atoms with Crippen LogP contribution in [0.1, 0.15) is 40.5 Å². The molecule has 7 nitrogen and oxygen atoms in total. The van der Waals surface area contributed by atoms with Crippen molar-refractivity contribution in [2.45, 2.75) is 58.3 Å². The molecule has 0 aliphatic heterocycles. The van der Waals surface area contributed by atoms with Gasteiger partial charge >= 0.3 is 12.1 Å². The van der Waals surface area contributed by atoms with Gasteiger partial charge in [-0.15, -0.1) is 0 Å². The van der Waals surface area contributed by atoms with Gasteiger partial charge in [0.15, 0.2) is 0 Å². The van der Waals surface area contributed by atoms with E-state index in [9.17, 15) is 14.7 Å². The minimum Gasteiger partial charge on any atom is -0.480 e. The molecule has 0 aromatic heterocycles. The number of amides is 1. The third-order valence-electron chi connectivity index (χ3n) is 2.33. The lowest BCUT2D eigenvalue weighted by Gasteiger charge is -2.27. The average molecular weight is 291 g/mol. The van der Waals surface area contributed by atoms with E-state index in [2.05, 4.69) is 0 Å². The Labute approximate surface area is 119 Å². The topological polar surface area (TPSA) is 107 Å². The van der Waals surface area contributed by atoms with E-state index in [0.29, 0.717) is 6.42 Å². The highest BCUT2D eigenvalue weighted by molar-refractivity contribution is 5.76. The van der Waals surface area contributed by atoms with Gasteiger partial charge in [-0.25, -0.2) is 4.79 Å². The summed E-state index contributed by atoms with van der Waals surface area (Å²) in [5.41, 5.74) is -0.738. The SMILES string of the molecule is CC(O)CCC(O)CN(CC(=O)O)C(=O)OC(C)(C)C. The average Bonchev–Trinajstić information content (AvgIpc) is 2.22. The molecule has 3 N–H and O–H groups in total. The molecule has 20 heavy (non-hydrogen) atoms. The Morgan fingerprint density at radius 2 is 1.75 bits per heavy atom. The van der Waals surface area contributed by atoms with E-state index in [-0.39, 0.29) is 13.0 Å². The van der Waals surface area contributed by atoms with Gasteiger partial charge in [-0.05, 0) is 40.5 Å². The van der Waals surface area contributed by atoms with Crippen molar-refractivity contribution in [2.75, 3.05) is 13.1 Å². The molecule has 0 heterocycles. The van der Waals surface area contributed by atoms with E-state index in [1.165, 1.54) is 0 Å². The number of nitrogens with zero attached hydrogens (tertiary/aromatic N) is 1. The van der Waals surface area contributed by atoms with Gasteiger partial charge in [0.1, 0.15) is 12.1 Å². The minimum absolute atomic E-state index is 0.145. The van der Waals surface area contributed by atoms with E-state index in [1.807, 2.05) is 0 Å². The molecule has 0 aliphatic rings. The van der Waals surface area contributed by atoms with Crippen LogP contribution in [-0.2, 0) is 9.53 Å². The number of hydrogen-bond donors (Lipinski definition) is 3. The molecular formula is C13H25NO6. The first-order chi connectivity index (χ1) is 9.01. The third kappa shape index (κ3) is 9.57. The van der Waals surface area contributed by atoms with Gasteiger partial charge in [0, 0.05) is 0 Å². The second kappa shape index (κ2) is 8.06. The van der Waals surface area contributed by atoms with Gasteiger partial charge in [-0.2, -0.15) is 0 Å². The van der Waals surface area contributed by atoms with Crippen LogP contribution in [0, 0.1) is 0 Å². The standard InChI is InChI=1S/C13H25NO6/c1-9(15)5-6-10(16)7-14(8-11(17)18)12(19)20-13(2,3)4/h9-10,15-16H,5-8H2,1-4H3,(H,17,18). The van der Waals surface area contributed by atoms with E-state index in [1.54, 1.807) is 27.7 Å². The van der Waals surface area contributed by atoms with Gasteiger partial charge in [-0.3, -0.25) is 9.69 Å². The first-order valence-corrected chi connectivity index (χ1v) is 6.57. The molecule has 2 atom stereocenters. The summed E-state index contributed by atoms with van der Waals surface area (Å²) in [4.78, 5) is 23.5. The number of hydrogen-bond acceptors (Lipinski definition) is 5. The quantitative estimate of drug-likeness (QED) is 0.641. The molecule has 0 saturated heterocycles. The van der Waals surface area contributed by atoms with Gasteiger partial charge in [0.05, 0.1) is 18.8 Å². The summed E-state index contributed by atoms with van der Waals surface area (Å²) in [6.45, 7) is 5.93. The zero-order chi connectivity index (χ0) is 15.9. The molecule has 0 aromatic rings. The van der Waals surface area contributed by atoms with Gasteiger partial charge in [0.2, 0.25) is 0 Å². The smallest absolute Gasteiger partial charge is 0.410 e. The van der Waals surface area contributed by atoms with Gasteiger partial charge in [0.25, 0.3) is 0 Å². The number of carboxylic acids is 1. The molecule has 0 aliphatic carbocycles. The molecule has 2 unspecified atom stereocenters. The highest BCUT2D eigenvalue weighted by Crippen LogP contribution is 2.11. The van der Waals surface area contributed by atoms with Crippen LogP contribution in [0.3, 0.4) is 0 Å². The maximum absolute atomic E-state index is 11.8. The Kier molecular flexibility index (Phi) is 7.52. The van der Waals surface area contributed by atoms with Crippen LogP contribution in [0.15, 0.2) is 0 Å². The molecule has 0 radical (unpaired) electrons. The number of aliphatic hydroxyl groups is 2. The van der Waals surface area contributed by atoms with E-state index < -0.39 is 36.4 Å². The number of carboxylic acid groups (broad SMARTS) is 1. The molecule has 1 amide bonds. The number of carbonyl (C=O) groups is 2. The Balaban J connectivity index is 4.55. The van der Waals surface area contributed by atoms with Crippen LogP contribution < -0.4 is 0 Å². The molecule has 0 bridgehead atoms. The van der Waals surface area contributed by atoms with Crippen LogP contribution in [0.4, 0.5) is 4.79 Å². The zero-order valence-electron chi connectivity index (χ0n) is 12.5. The zero-order valence-corrected chi connectivity index (χ0v) is 12.5. The lowest BCUT2D eigenvalue weighted by molar-refractivity contribution is -0.138. The lowest BCUT2D eigenvalue weighted by Crippen LogP contribution is -2.43. The van der Waals surface area contributed by atoms with Gasteiger partial charge < -0.3 is 20.1 Å². The molecule has 0 fully saturated rings. The summed E-state index contributed by atoms with van der Waals surface area (Å²) < 4.78 is 5.09. The van der Waals surface area contributed by atoms with E-state index in [4.69, 9.17) is 14.9 Å². The van der Waals surface area contributed by atoms with Crippen molar-refractivity contribution in [3.63, 3.8) is 0 Å². The molecule has 7 heteroatoms. The summed E-state index contributed by atoms with van der Waals surface area (Å²) in [6, 6.07) is 0. The number of aliphatic carboxylic acids is 1. The highest BCUT2D eigenvalue weighted by Gasteiger charge is 2.25. The number of rotatable bonds is 7. The van der Waals surface area contributed by atoms with Crippen LogP contribution in [0.5, 0.6) is 0 Å². The van der Waals surface area contributed by atoms with Crippen LogP contribution in [0.25, 0.3) is 0 Å². The Morgan fingerprint density at radius 3 is 2.15 bits per heavy atom. The number of carbonyl (C=O) groups excluding carboxylic acids is 1. The van der Waals surface area contributed by atoms with Crippen LogP contribution in [-0.4, -0.2) is 63.2 Å². The molecule has 0 aromatic carbocycles. The molecule has 0 rings (SSSR count). The Morgan fingerprint density at radius 1 is 1.20 bits per heavy atom. The summed E-state index contributed by atoms with van der Waals surface area (Å²) in [6.07, 6.45) is -1.60. The van der Waals surface area contributed by atoms with E-state index >= 15 is 0 Å². The maximum atomic E-state index is 11.8. The monoisotopic (exact) mass is 291 g/mol. The largest absolute Gasteiger partial charge is 0.480 e. The molecular weight excluding hydrogens is 266 g/mol. The summed E-state index contributed by atoms with van der Waals surface area (Å²) >= 11 is 0. The van der Waals surface area contributed by atoms with Crippen molar-refractivity contribution in [1.29, 1.82) is 0 Å². The van der Waals surface area contributed by atoms with Crippen molar-refractivity contribution in [3.05, 3.63) is 0 Å². The maximum Gasteiger partial charge on any atom is 0.410 e. The van der Waals surface area contributed by atoms with Crippen molar-refractivity contribution in [1.82, 2.24) is 4.90 Å². The fourth-order valence-electron chi connectivity index (χ4n) is 1.47. The second-order valence-corrected chi connectivity index (χ2v) is 5.83. The normalized spacial score (nSPS) is 14.5. The van der Waals surface area contributed by atoms with Crippen LogP contribution >= 0.6 is 0 Å². The third-order valence-corrected chi connectivity index (χ3v) is 2.33. The van der Waals surface area contributed by atoms with Crippen LogP contribution in [0.2, 0.25) is 0 Å². The highest BCUT2D eigenvalue weighted by atomic mass is 16.6. The Hall–Kier alpha value is -1.34. The van der Waals surface area contributed by atoms with E-state index in [0.717, 1.165) is 4.90 Å². The molecule has 0 saturated carbocycles. The van der Waals surface area contributed by atoms with Crippen molar-refractivity contribution >= 4 is 12.1 Å².